The molecule has 0 aromatic heterocycles. The van der Waals surface area contributed by atoms with Crippen LogP contribution in [0.1, 0.15) is 40.7 Å². The Morgan fingerprint density at radius 3 is 2.59 bits per heavy atom. The van der Waals surface area contributed by atoms with Crippen LogP contribution >= 0.6 is 11.6 Å². The van der Waals surface area contributed by atoms with Gasteiger partial charge in [-0.2, -0.15) is 0 Å². The van der Waals surface area contributed by atoms with Crippen molar-refractivity contribution < 1.29 is 24.3 Å². The number of ketones is 1. The van der Waals surface area contributed by atoms with Gasteiger partial charge in [-0.25, -0.2) is 0 Å². The van der Waals surface area contributed by atoms with Crippen molar-refractivity contribution >= 4 is 23.5 Å². The zero-order valence-electron chi connectivity index (χ0n) is 16.8. The van der Waals surface area contributed by atoms with E-state index in [1.54, 1.807) is 36.4 Å². The van der Waals surface area contributed by atoms with E-state index in [2.05, 4.69) is 0 Å². The van der Waals surface area contributed by atoms with E-state index in [4.69, 9.17) is 21.1 Å². The maximum absolute atomic E-state index is 12.7. The number of carbonyl (C=O) groups is 1. The maximum atomic E-state index is 12.7. The van der Waals surface area contributed by atoms with Gasteiger partial charge in [0.25, 0.3) is 0 Å². The molecule has 0 spiro atoms. The minimum atomic E-state index is -0.134. The molecule has 2 N–H and O–H groups in total. The molecule has 5 nitrogen and oxygen atoms in total. The van der Waals surface area contributed by atoms with Crippen LogP contribution in [0.15, 0.2) is 36.4 Å². The van der Waals surface area contributed by atoms with Crippen LogP contribution in [0.25, 0.3) is 6.08 Å². The number of allylic oxidation sites excluding steroid dienone is 1. The molecule has 1 aliphatic heterocycles. The first-order chi connectivity index (χ1) is 14.0. The van der Waals surface area contributed by atoms with Crippen molar-refractivity contribution in [3.05, 3.63) is 58.1 Å². The molecule has 0 amide bonds. The first-order valence-corrected chi connectivity index (χ1v) is 10.2. The third-order valence-corrected chi connectivity index (χ3v) is 5.53. The molecule has 1 fully saturated rings. The number of quaternary nitrogens is 1. The van der Waals surface area contributed by atoms with E-state index in [0.29, 0.717) is 22.1 Å². The number of rotatable bonds is 7. The highest BCUT2D eigenvalue weighted by Crippen LogP contribution is 2.36. The molecule has 0 radical (unpaired) electrons. The van der Waals surface area contributed by atoms with Crippen LogP contribution in [0.3, 0.4) is 0 Å². The molecule has 2 aromatic carbocycles. The number of methoxy groups -OCH3 is 2. The van der Waals surface area contributed by atoms with Gasteiger partial charge >= 0.3 is 0 Å². The summed E-state index contributed by atoms with van der Waals surface area (Å²) in [5.74, 6) is 1.07. The average molecular weight is 417 g/mol. The van der Waals surface area contributed by atoms with Crippen LogP contribution in [0.5, 0.6) is 17.2 Å². The quantitative estimate of drug-likeness (QED) is 0.535. The largest absolute Gasteiger partial charge is 0.507 e. The summed E-state index contributed by atoms with van der Waals surface area (Å²) in [6.45, 7) is 2.96. The van der Waals surface area contributed by atoms with Crippen molar-refractivity contribution in [3.63, 3.8) is 0 Å². The summed E-state index contributed by atoms with van der Waals surface area (Å²) in [4.78, 5) is 14.1. The van der Waals surface area contributed by atoms with E-state index < -0.39 is 0 Å². The van der Waals surface area contributed by atoms with E-state index in [9.17, 15) is 9.90 Å². The number of hydrogen-bond donors (Lipinski definition) is 2. The van der Waals surface area contributed by atoms with Gasteiger partial charge in [0.05, 0.1) is 32.3 Å². The average Bonchev–Trinajstić information content (AvgIpc) is 2.73. The normalized spacial score (nSPS) is 14.9. The molecule has 1 aliphatic rings. The van der Waals surface area contributed by atoms with Gasteiger partial charge in [0.15, 0.2) is 17.3 Å². The Hall–Kier alpha value is -2.50. The van der Waals surface area contributed by atoms with E-state index >= 15 is 0 Å². The topological polar surface area (TPSA) is 60.2 Å². The molecule has 0 atom stereocenters. The first-order valence-electron chi connectivity index (χ1n) is 9.81. The Morgan fingerprint density at radius 2 is 1.90 bits per heavy atom. The minimum Gasteiger partial charge on any atom is -0.507 e. The number of carbonyl (C=O) groups excluding carboxylic acids is 1. The van der Waals surface area contributed by atoms with Crippen molar-refractivity contribution in [2.75, 3.05) is 27.3 Å². The lowest BCUT2D eigenvalue weighted by atomic mass is 10.0. The fourth-order valence-electron chi connectivity index (χ4n) is 3.68. The molecule has 154 valence electrons. The van der Waals surface area contributed by atoms with Gasteiger partial charge in [-0.1, -0.05) is 17.7 Å². The van der Waals surface area contributed by atoms with Gasteiger partial charge in [-0.05, 0) is 61.2 Å². The zero-order valence-corrected chi connectivity index (χ0v) is 17.6. The predicted octanol–water partition coefficient (Wildman–Crippen LogP) is 3.53. The van der Waals surface area contributed by atoms with E-state index in [1.807, 2.05) is 0 Å². The third kappa shape index (κ3) is 5.31. The molecule has 1 heterocycles. The van der Waals surface area contributed by atoms with Crippen molar-refractivity contribution in [1.29, 1.82) is 0 Å². The summed E-state index contributed by atoms with van der Waals surface area (Å²) >= 11 is 6.22. The number of ether oxygens (including phenoxy) is 2. The molecular formula is C23H27ClNO4+. The molecule has 0 aliphatic carbocycles. The lowest BCUT2D eigenvalue weighted by Gasteiger charge is -2.23. The van der Waals surface area contributed by atoms with Crippen LogP contribution in [-0.2, 0) is 6.54 Å². The Balaban J connectivity index is 1.76. The van der Waals surface area contributed by atoms with Crippen LogP contribution < -0.4 is 14.4 Å². The van der Waals surface area contributed by atoms with Crippen LogP contribution in [0, 0.1) is 0 Å². The number of nitrogens with one attached hydrogen (secondary N) is 1. The van der Waals surface area contributed by atoms with Crippen molar-refractivity contribution in [1.82, 2.24) is 0 Å². The monoisotopic (exact) mass is 416 g/mol. The number of halogens is 1. The summed E-state index contributed by atoms with van der Waals surface area (Å²) < 4.78 is 10.5. The fourth-order valence-corrected chi connectivity index (χ4v) is 3.98. The van der Waals surface area contributed by atoms with Crippen molar-refractivity contribution in [3.8, 4) is 17.2 Å². The Kier molecular flexibility index (Phi) is 7.18. The van der Waals surface area contributed by atoms with Gasteiger partial charge in [0.1, 0.15) is 12.3 Å². The lowest BCUT2D eigenvalue weighted by Crippen LogP contribution is -3.11. The van der Waals surface area contributed by atoms with E-state index in [1.165, 1.54) is 44.5 Å². The lowest BCUT2D eigenvalue weighted by molar-refractivity contribution is -0.918. The third-order valence-electron chi connectivity index (χ3n) is 5.25. The second-order valence-electron chi connectivity index (χ2n) is 7.27. The summed E-state index contributed by atoms with van der Waals surface area (Å²) in [5.41, 5.74) is 2.10. The van der Waals surface area contributed by atoms with Gasteiger partial charge in [0.2, 0.25) is 0 Å². The molecule has 3 rings (SSSR count). The number of hydrogen-bond acceptors (Lipinski definition) is 4. The summed E-state index contributed by atoms with van der Waals surface area (Å²) in [6.07, 6.45) is 6.90. The maximum Gasteiger partial charge on any atom is 0.185 e. The highest BCUT2D eigenvalue weighted by Gasteiger charge is 2.17. The second kappa shape index (κ2) is 9.81. The standard InChI is InChI=1S/C23H26ClNO4/c1-28-22-13-16(12-19(24)23(22)29-2)6-8-20(26)17-7-9-21(27)18(14-17)15-25-10-4-3-5-11-25/h6-9,12-14,27H,3-5,10-11,15H2,1-2H3/p+1/b8-6+. The fraction of sp³-hybridized carbons (Fsp3) is 0.348. The molecule has 6 heteroatoms. The summed E-state index contributed by atoms with van der Waals surface area (Å²) in [6, 6.07) is 8.53. The van der Waals surface area contributed by atoms with Crippen LogP contribution in [0.2, 0.25) is 5.02 Å². The van der Waals surface area contributed by atoms with Crippen molar-refractivity contribution in [2.24, 2.45) is 0 Å². The number of phenolic OH excluding ortho intramolecular Hbond substituents is 1. The van der Waals surface area contributed by atoms with Gasteiger partial charge in [-0.3, -0.25) is 4.79 Å². The Bertz CT molecular complexity index is 904. The van der Waals surface area contributed by atoms with E-state index in [-0.39, 0.29) is 11.5 Å². The molecule has 0 bridgehead atoms. The summed E-state index contributed by atoms with van der Waals surface area (Å²) in [7, 11) is 3.06. The molecule has 1 saturated heterocycles. The number of likely N-dealkylation sites (tertiary alicyclic amines) is 1. The van der Waals surface area contributed by atoms with Gasteiger partial charge in [0, 0.05) is 11.1 Å². The van der Waals surface area contributed by atoms with E-state index in [0.717, 1.165) is 30.8 Å². The molecular weight excluding hydrogens is 390 g/mol. The highest BCUT2D eigenvalue weighted by atomic mass is 35.5. The number of piperidine rings is 1. The number of benzene rings is 2. The minimum absolute atomic E-state index is 0.134. The molecule has 0 saturated carbocycles. The predicted molar refractivity (Wildman–Crippen MR) is 114 cm³/mol. The first kappa shape index (κ1) is 21.2. The van der Waals surface area contributed by atoms with Gasteiger partial charge in [-0.15, -0.1) is 0 Å². The molecule has 29 heavy (non-hydrogen) atoms. The second-order valence-corrected chi connectivity index (χ2v) is 7.67. The SMILES string of the molecule is COc1cc(/C=C/C(=O)c2ccc(O)c(C[NH+]3CCCCC3)c2)cc(Cl)c1OC. The van der Waals surface area contributed by atoms with Gasteiger partial charge < -0.3 is 19.5 Å². The number of phenols is 1. The highest BCUT2D eigenvalue weighted by molar-refractivity contribution is 6.32. The van der Waals surface area contributed by atoms with Crippen molar-refractivity contribution in [2.45, 2.75) is 25.8 Å². The molecule has 0 unspecified atom stereocenters. The summed E-state index contributed by atoms with van der Waals surface area (Å²) in [5, 5.41) is 10.6. The molecule has 2 aromatic rings. The Morgan fingerprint density at radius 1 is 1.14 bits per heavy atom. The van der Waals surface area contributed by atoms with Crippen LogP contribution in [0.4, 0.5) is 0 Å². The van der Waals surface area contributed by atoms with Crippen LogP contribution in [-0.4, -0.2) is 38.2 Å². The smallest absolute Gasteiger partial charge is 0.185 e. The zero-order chi connectivity index (χ0) is 20.8. The number of aromatic hydroxyl groups is 1. The Labute approximate surface area is 176 Å².